The molecule has 0 aromatic heterocycles. The molecule has 0 unspecified atom stereocenters. The Morgan fingerprint density at radius 1 is 0.962 bits per heavy atom. The van der Waals surface area contributed by atoms with E-state index in [-0.39, 0.29) is 11.8 Å². The quantitative estimate of drug-likeness (QED) is 0.809. The van der Waals surface area contributed by atoms with Gasteiger partial charge in [-0.15, -0.1) is 0 Å². The lowest BCUT2D eigenvalue weighted by Crippen LogP contribution is -2.32. The monoisotopic (exact) mass is 368 g/mol. The largest absolute Gasteiger partial charge is 0.350 e. The second-order valence-corrected chi connectivity index (χ2v) is 6.92. The van der Waals surface area contributed by atoms with Crippen molar-refractivity contribution in [3.8, 4) is 0 Å². The zero-order valence-corrected chi connectivity index (χ0v) is 16.1. The van der Waals surface area contributed by atoms with Crippen LogP contribution < -0.4 is 5.32 Å². The first kappa shape index (κ1) is 18.2. The SMILES string of the molecule is CCN1C(=O)C(Nc2ccc(C)c(Cl)c2)=C(c2ccc(C)cc2C)C1=O. The molecule has 0 saturated heterocycles. The average molecular weight is 369 g/mol. The third-order valence-electron chi connectivity index (χ3n) is 4.58. The second-order valence-electron chi connectivity index (χ2n) is 6.51. The van der Waals surface area contributed by atoms with E-state index in [4.69, 9.17) is 11.6 Å². The van der Waals surface area contributed by atoms with E-state index in [9.17, 15) is 9.59 Å². The van der Waals surface area contributed by atoms with Crippen molar-refractivity contribution in [2.45, 2.75) is 27.7 Å². The molecule has 4 nitrogen and oxygen atoms in total. The molecule has 0 radical (unpaired) electrons. The molecule has 2 amide bonds. The van der Waals surface area contributed by atoms with Crippen LogP contribution in [0.2, 0.25) is 5.02 Å². The highest BCUT2D eigenvalue weighted by Gasteiger charge is 2.38. The molecule has 1 aliphatic heterocycles. The molecule has 0 saturated carbocycles. The van der Waals surface area contributed by atoms with Crippen LogP contribution in [0.5, 0.6) is 0 Å². The van der Waals surface area contributed by atoms with Crippen LogP contribution in [0.15, 0.2) is 42.1 Å². The number of hydrogen-bond acceptors (Lipinski definition) is 3. The lowest BCUT2D eigenvalue weighted by atomic mass is 9.97. The fourth-order valence-electron chi connectivity index (χ4n) is 3.14. The molecule has 0 aliphatic carbocycles. The summed E-state index contributed by atoms with van der Waals surface area (Å²) >= 11 is 6.20. The summed E-state index contributed by atoms with van der Waals surface area (Å²) in [7, 11) is 0. The molecule has 2 aromatic carbocycles. The summed E-state index contributed by atoms with van der Waals surface area (Å²) in [4.78, 5) is 27.0. The summed E-state index contributed by atoms with van der Waals surface area (Å²) < 4.78 is 0. The van der Waals surface area contributed by atoms with E-state index in [1.165, 1.54) is 4.90 Å². The highest BCUT2D eigenvalue weighted by molar-refractivity contribution is 6.37. The van der Waals surface area contributed by atoms with Crippen molar-refractivity contribution in [1.29, 1.82) is 0 Å². The number of amides is 2. The smallest absolute Gasteiger partial charge is 0.278 e. The van der Waals surface area contributed by atoms with Gasteiger partial charge in [-0.2, -0.15) is 0 Å². The van der Waals surface area contributed by atoms with E-state index < -0.39 is 0 Å². The molecular weight excluding hydrogens is 348 g/mol. The van der Waals surface area contributed by atoms with Crippen molar-refractivity contribution in [3.05, 3.63) is 69.4 Å². The molecule has 0 bridgehead atoms. The van der Waals surface area contributed by atoms with Crippen molar-refractivity contribution in [2.24, 2.45) is 0 Å². The maximum atomic E-state index is 12.9. The molecule has 134 valence electrons. The topological polar surface area (TPSA) is 49.4 Å². The summed E-state index contributed by atoms with van der Waals surface area (Å²) in [6, 6.07) is 11.3. The second kappa shape index (κ2) is 6.96. The maximum absolute atomic E-state index is 12.9. The molecule has 0 fully saturated rings. The number of anilines is 1. The van der Waals surface area contributed by atoms with E-state index >= 15 is 0 Å². The minimum absolute atomic E-state index is 0.273. The predicted molar refractivity (Wildman–Crippen MR) is 105 cm³/mol. The Bertz CT molecular complexity index is 947. The molecule has 2 aromatic rings. The number of rotatable bonds is 4. The average Bonchev–Trinajstić information content (AvgIpc) is 2.81. The number of benzene rings is 2. The lowest BCUT2D eigenvalue weighted by molar-refractivity contribution is -0.136. The molecule has 3 rings (SSSR count). The number of halogens is 1. The van der Waals surface area contributed by atoms with Crippen molar-refractivity contribution >= 4 is 34.7 Å². The van der Waals surface area contributed by atoms with Gasteiger partial charge < -0.3 is 5.32 Å². The Hall–Kier alpha value is -2.59. The highest BCUT2D eigenvalue weighted by atomic mass is 35.5. The lowest BCUT2D eigenvalue weighted by Gasteiger charge is -2.12. The van der Waals surface area contributed by atoms with Gasteiger partial charge in [0.25, 0.3) is 11.8 Å². The van der Waals surface area contributed by atoms with Crippen LogP contribution in [0.25, 0.3) is 5.57 Å². The molecule has 0 atom stereocenters. The summed E-state index contributed by atoms with van der Waals surface area (Å²) in [5.41, 5.74) is 5.17. The molecule has 1 aliphatic rings. The minimum atomic E-state index is -0.316. The Labute approximate surface area is 158 Å². The predicted octanol–water partition coefficient (Wildman–Crippen LogP) is 4.48. The van der Waals surface area contributed by atoms with Crippen LogP contribution in [0.1, 0.15) is 29.2 Å². The van der Waals surface area contributed by atoms with Gasteiger partial charge >= 0.3 is 0 Å². The van der Waals surface area contributed by atoms with Crippen LogP contribution >= 0.6 is 11.6 Å². The van der Waals surface area contributed by atoms with Crippen LogP contribution in [0.4, 0.5) is 5.69 Å². The zero-order valence-electron chi connectivity index (χ0n) is 15.3. The Morgan fingerprint density at radius 2 is 1.69 bits per heavy atom. The van der Waals surface area contributed by atoms with Crippen molar-refractivity contribution in [3.63, 3.8) is 0 Å². The van der Waals surface area contributed by atoms with Gasteiger partial charge in [-0.25, -0.2) is 0 Å². The Balaban J connectivity index is 2.13. The zero-order chi connectivity index (χ0) is 19.0. The molecule has 26 heavy (non-hydrogen) atoms. The third kappa shape index (κ3) is 3.13. The van der Waals surface area contributed by atoms with Gasteiger partial charge in [0.15, 0.2) is 0 Å². The summed E-state index contributed by atoms with van der Waals surface area (Å²) in [6.07, 6.45) is 0. The number of likely N-dealkylation sites (N-methyl/N-ethyl adjacent to an activating group) is 1. The first-order chi connectivity index (χ1) is 12.3. The molecule has 1 heterocycles. The molecular formula is C21H21ClN2O2. The molecule has 0 spiro atoms. The first-order valence-corrected chi connectivity index (χ1v) is 8.92. The number of carbonyl (C=O) groups excluding carboxylic acids is 2. The maximum Gasteiger partial charge on any atom is 0.278 e. The fourth-order valence-corrected chi connectivity index (χ4v) is 3.32. The summed E-state index contributed by atoms with van der Waals surface area (Å²) in [5.74, 6) is -0.589. The normalized spacial score (nSPS) is 14.4. The third-order valence-corrected chi connectivity index (χ3v) is 4.98. The van der Waals surface area contributed by atoms with Gasteiger partial charge in [0, 0.05) is 17.3 Å². The fraction of sp³-hybridized carbons (Fsp3) is 0.238. The van der Waals surface area contributed by atoms with E-state index in [1.54, 1.807) is 13.0 Å². The summed E-state index contributed by atoms with van der Waals surface area (Å²) in [6.45, 7) is 7.98. The summed E-state index contributed by atoms with van der Waals surface area (Å²) in [5, 5.41) is 3.73. The van der Waals surface area contributed by atoms with Crippen LogP contribution in [-0.4, -0.2) is 23.3 Å². The minimum Gasteiger partial charge on any atom is -0.350 e. The first-order valence-electron chi connectivity index (χ1n) is 8.54. The number of nitrogens with zero attached hydrogens (tertiary/aromatic N) is 1. The molecule has 5 heteroatoms. The highest BCUT2D eigenvalue weighted by Crippen LogP contribution is 2.33. The Kier molecular flexibility index (Phi) is 4.88. The van der Waals surface area contributed by atoms with E-state index in [0.29, 0.717) is 28.5 Å². The number of nitrogens with one attached hydrogen (secondary N) is 1. The number of imide groups is 1. The number of carbonyl (C=O) groups is 2. The van der Waals surface area contributed by atoms with Gasteiger partial charge in [0.05, 0.1) is 5.57 Å². The van der Waals surface area contributed by atoms with Crippen LogP contribution in [0, 0.1) is 20.8 Å². The number of hydrogen-bond donors (Lipinski definition) is 1. The van der Waals surface area contributed by atoms with Crippen molar-refractivity contribution in [2.75, 3.05) is 11.9 Å². The Morgan fingerprint density at radius 3 is 2.31 bits per heavy atom. The van der Waals surface area contributed by atoms with E-state index in [2.05, 4.69) is 5.32 Å². The van der Waals surface area contributed by atoms with Gasteiger partial charge in [-0.3, -0.25) is 14.5 Å². The molecule has 1 N–H and O–H groups in total. The van der Waals surface area contributed by atoms with Gasteiger partial charge in [0.2, 0.25) is 0 Å². The van der Waals surface area contributed by atoms with Crippen molar-refractivity contribution in [1.82, 2.24) is 4.90 Å². The van der Waals surface area contributed by atoms with Crippen LogP contribution in [-0.2, 0) is 9.59 Å². The number of aryl methyl sites for hydroxylation is 3. The van der Waals surface area contributed by atoms with E-state index in [0.717, 1.165) is 22.3 Å². The van der Waals surface area contributed by atoms with Gasteiger partial charge in [0.1, 0.15) is 5.70 Å². The standard InChI is InChI=1S/C21H21ClN2O2/c1-5-24-20(25)18(16-9-6-12(2)10-14(16)4)19(21(24)26)23-15-8-7-13(3)17(22)11-15/h6-11,23H,5H2,1-4H3. The van der Waals surface area contributed by atoms with Crippen LogP contribution in [0.3, 0.4) is 0 Å². The van der Waals surface area contributed by atoms with Crippen molar-refractivity contribution < 1.29 is 9.59 Å². The van der Waals surface area contributed by atoms with E-state index in [1.807, 2.05) is 51.1 Å². The van der Waals surface area contributed by atoms with Gasteiger partial charge in [-0.1, -0.05) is 41.4 Å². The van der Waals surface area contributed by atoms with Gasteiger partial charge in [-0.05, 0) is 56.5 Å².